The second-order valence-electron chi connectivity index (χ2n) is 6.64. The van der Waals surface area contributed by atoms with Crippen molar-refractivity contribution in [1.82, 2.24) is 9.80 Å². The molecule has 2 aliphatic rings. The van der Waals surface area contributed by atoms with Crippen molar-refractivity contribution < 1.29 is 9.59 Å². The molecule has 0 saturated carbocycles. The largest absolute Gasteiger partial charge is 0.347 e. The quantitative estimate of drug-likeness (QED) is 0.849. The number of fused-ring (bicyclic) bond motifs is 1. The number of amides is 2. The number of hydrogen-bond acceptors (Lipinski definition) is 3. The maximum atomic E-state index is 12.8. The minimum absolute atomic E-state index is 0.106. The number of anilines is 1. The highest BCUT2D eigenvalue weighted by molar-refractivity contribution is 5.96. The van der Waals surface area contributed by atoms with Crippen LogP contribution in [-0.4, -0.2) is 61.4 Å². The van der Waals surface area contributed by atoms with Gasteiger partial charge in [0.05, 0.1) is 12.6 Å². The van der Waals surface area contributed by atoms with Gasteiger partial charge in [0.2, 0.25) is 11.8 Å². The van der Waals surface area contributed by atoms with Crippen LogP contribution in [0.15, 0.2) is 24.3 Å². The Morgan fingerprint density at radius 3 is 2.74 bits per heavy atom. The molecule has 23 heavy (non-hydrogen) atoms. The zero-order valence-electron chi connectivity index (χ0n) is 14.0. The molecule has 3 rings (SSSR count). The maximum absolute atomic E-state index is 12.8. The predicted octanol–water partition coefficient (Wildman–Crippen LogP) is 1.52. The predicted molar refractivity (Wildman–Crippen MR) is 90.4 cm³/mol. The summed E-state index contributed by atoms with van der Waals surface area (Å²) < 4.78 is 0. The molecule has 0 aliphatic carbocycles. The van der Waals surface area contributed by atoms with Gasteiger partial charge in [-0.1, -0.05) is 18.2 Å². The number of carbonyl (C=O) groups is 2. The second-order valence-corrected chi connectivity index (χ2v) is 6.64. The molecule has 0 radical (unpaired) electrons. The number of carbonyl (C=O) groups excluding carboxylic acids is 2. The van der Waals surface area contributed by atoms with E-state index in [1.165, 1.54) is 5.56 Å². The zero-order valence-corrected chi connectivity index (χ0v) is 14.0. The standard InChI is InChI=1S/C18H25N3O2/c1-19(2)18(23)16-10-6-11-20(16)13-17(22)21-12-5-8-14-7-3-4-9-15(14)21/h3-4,7,9,16H,5-6,8,10-13H2,1-2H3. The van der Waals surface area contributed by atoms with E-state index in [0.717, 1.165) is 44.5 Å². The van der Waals surface area contributed by atoms with E-state index in [1.807, 2.05) is 28.0 Å². The first-order valence-corrected chi connectivity index (χ1v) is 8.41. The van der Waals surface area contributed by atoms with Gasteiger partial charge in [-0.3, -0.25) is 14.5 Å². The third kappa shape index (κ3) is 3.24. The average Bonchev–Trinajstić information content (AvgIpc) is 3.01. The molecule has 1 atom stereocenters. The minimum Gasteiger partial charge on any atom is -0.347 e. The van der Waals surface area contributed by atoms with Crippen LogP contribution in [0.2, 0.25) is 0 Å². The van der Waals surface area contributed by atoms with Crippen molar-refractivity contribution in [3.8, 4) is 0 Å². The van der Waals surface area contributed by atoms with Crippen LogP contribution in [0.1, 0.15) is 24.8 Å². The Bertz CT molecular complexity index is 600. The van der Waals surface area contributed by atoms with Crippen molar-refractivity contribution in [3.05, 3.63) is 29.8 Å². The van der Waals surface area contributed by atoms with E-state index in [2.05, 4.69) is 6.07 Å². The topological polar surface area (TPSA) is 43.9 Å². The van der Waals surface area contributed by atoms with E-state index >= 15 is 0 Å². The van der Waals surface area contributed by atoms with Crippen molar-refractivity contribution in [2.24, 2.45) is 0 Å². The van der Waals surface area contributed by atoms with Crippen LogP contribution in [0.3, 0.4) is 0 Å². The number of aryl methyl sites for hydroxylation is 1. The highest BCUT2D eigenvalue weighted by Gasteiger charge is 2.34. The number of benzene rings is 1. The van der Waals surface area contributed by atoms with Crippen LogP contribution in [0.5, 0.6) is 0 Å². The van der Waals surface area contributed by atoms with E-state index in [4.69, 9.17) is 0 Å². The molecule has 0 spiro atoms. The summed E-state index contributed by atoms with van der Waals surface area (Å²) in [5, 5.41) is 0. The zero-order chi connectivity index (χ0) is 16.4. The summed E-state index contributed by atoms with van der Waals surface area (Å²) in [6.45, 7) is 1.93. The molecular weight excluding hydrogens is 290 g/mol. The van der Waals surface area contributed by atoms with Gasteiger partial charge in [-0.05, 0) is 43.9 Å². The Morgan fingerprint density at radius 1 is 1.17 bits per heavy atom. The fourth-order valence-electron chi connectivity index (χ4n) is 3.64. The third-order valence-corrected chi connectivity index (χ3v) is 4.84. The summed E-state index contributed by atoms with van der Waals surface area (Å²) in [5.41, 5.74) is 2.29. The van der Waals surface area contributed by atoms with E-state index in [0.29, 0.717) is 6.54 Å². The first-order valence-electron chi connectivity index (χ1n) is 8.41. The molecule has 1 fully saturated rings. The summed E-state index contributed by atoms with van der Waals surface area (Å²) in [6, 6.07) is 7.99. The molecule has 2 heterocycles. The molecule has 5 heteroatoms. The van der Waals surface area contributed by atoms with Crippen molar-refractivity contribution in [1.29, 1.82) is 0 Å². The molecule has 0 aromatic heterocycles. The first kappa shape index (κ1) is 16.0. The SMILES string of the molecule is CN(C)C(=O)C1CCCN1CC(=O)N1CCCc2ccccc21. The van der Waals surface area contributed by atoms with E-state index < -0.39 is 0 Å². The molecule has 1 aromatic rings. The maximum Gasteiger partial charge on any atom is 0.241 e. The number of hydrogen-bond donors (Lipinski definition) is 0. The summed E-state index contributed by atoms with van der Waals surface area (Å²) >= 11 is 0. The lowest BCUT2D eigenvalue weighted by molar-refractivity contribution is -0.134. The second kappa shape index (κ2) is 6.71. The fraction of sp³-hybridized carbons (Fsp3) is 0.556. The van der Waals surface area contributed by atoms with Gasteiger partial charge in [0.1, 0.15) is 0 Å². The van der Waals surface area contributed by atoms with Gasteiger partial charge in [0.15, 0.2) is 0 Å². The summed E-state index contributed by atoms with van der Waals surface area (Å²) in [6.07, 6.45) is 3.86. The summed E-state index contributed by atoms with van der Waals surface area (Å²) in [4.78, 5) is 30.7. The smallest absolute Gasteiger partial charge is 0.241 e. The van der Waals surface area contributed by atoms with E-state index in [1.54, 1.807) is 19.0 Å². The molecular formula is C18H25N3O2. The molecule has 0 N–H and O–H groups in total. The Morgan fingerprint density at radius 2 is 1.96 bits per heavy atom. The fourth-order valence-corrected chi connectivity index (χ4v) is 3.64. The Labute approximate surface area is 137 Å². The molecule has 1 saturated heterocycles. The van der Waals surface area contributed by atoms with Crippen molar-refractivity contribution in [2.45, 2.75) is 31.7 Å². The molecule has 1 aromatic carbocycles. The van der Waals surface area contributed by atoms with Gasteiger partial charge in [-0.25, -0.2) is 0 Å². The molecule has 5 nitrogen and oxygen atoms in total. The number of para-hydroxylation sites is 1. The van der Waals surface area contributed by atoms with Gasteiger partial charge in [-0.2, -0.15) is 0 Å². The van der Waals surface area contributed by atoms with Gasteiger partial charge in [-0.15, -0.1) is 0 Å². The van der Waals surface area contributed by atoms with Crippen LogP contribution >= 0.6 is 0 Å². The number of likely N-dealkylation sites (tertiary alicyclic amines) is 1. The normalized spacial score (nSPS) is 21.1. The van der Waals surface area contributed by atoms with Crippen molar-refractivity contribution in [3.63, 3.8) is 0 Å². The number of rotatable bonds is 3. The third-order valence-electron chi connectivity index (χ3n) is 4.84. The highest BCUT2D eigenvalue weighted by atomic mass is 16.2. The molecule has 1 unspecified atom stereocenters. The molecule has 124 valence electrons. The van der Waals surface area contributed by atoms with Crippen LogP contribution in [-0.2, 0) is 16.0 Å². The monoisotopic (exact) mass is 315 g/mol. The summed E-state index contributed by atoms with van der Waals surface area (Å²) in [7, 11) is 3.56. The molecule has 2 amide bonds. The van der Waals surface area contributed by atoms with Gasteiger partial charge < -0.3 is 9.80 Å². The Balaban J connectivity index is 1.71. The first-order chi connectivity index (χ1) is 11.1. The van der Waals surface area contributed by atoms with Gasteiger partial charge >= 0.3 is 0 Å². The molecule has 0 bridgehead atoms. The average molecular weight is 315 g/mol. The Kier molecular flexibility index (Phi) is 4.66. The molecule has 2 aliphatic heterocycles. The lowest BCUT2D eigenvalue weighted by atomic mass is 10.0. The minimum atomic E-state index is -0.144. The number of nitrogens with zero attached hydrogens (tertiary/aromatic N) is 3. The lowest BCUT2D eigenvalue weighted by Crippen LogP contribution is -2.48. The van der Waals surface area contributed by atoms with Crippen LogP contribution in [0.25, 0.3) is 0 Å². The van der Waals surface area contributed by atoms with Crippen molar-refractivity contribution in [2.75, 3.05) is 38.6 Å². The van der Waals surface area contributed by atoms with E-state index in [-0.39, 0.29) is 17.9 Å². The highest BCUT2D eigenvalue weighted by Crippen LogP contribution is 2.27. The van der Waals surface area contributed by atoms with Gasteiger partial charge in [0, 0.05) is 26.3 Å². The Hall–Kier alpha value is -1.88. The lowest BCUT2D eigenvalue weighted by Gasteiger charge is -2.32. The van der Waals surface area contributed by atoms with E-state index in [9.17, 15) is 9.59 Å². The van der Waals surface area contributed by atoms with Crippen LogP contribution in [0.4, 0.5) is 5.69 Å². The number of likely N-dealkylation sites (N-methyl/N-ethyl adjacent to an activating group) is 1. The van der Waals surface area contributed by atoms with Gasteiger partial charge in [0.25, 0.3) is 0 Å². The van der Waals surface area contributed by atoms with Crippen molar-refractivity contribution >= 4 is 17.5 Å². The van der Waals surface area contributed by atoms with Crippen LogP contribution in [0, 0.1) is 0 Å². The van der Waals surface area contributed by atoms with Crippen LogP contribution < -0.4 is 4.90 Å². The summed E-state index contributed by atoms with van der Waals surface area (Å²) in [5.74, 6) is 0.213.